The van der Waals surface area contributed by atoms with Crippen molar-refractivity contribution in [3.8, 4) is 17.2 Å². The number of hydrogen-bond donors (Lipinski definition) is 1. The summed E-state index contributed by atoms with van der Waals surface area (Å²) in [4.78, 5) is 23.1. The molecule has 1 amide bonds. The van der Waals surface area contributed by atoms with Gasteiger partial charge in [-0.2, -0.15) is 0 Å². The number of amides is 1. The topological polar surface area (TPSA) is 85.8 Å². The van der Waals surface area contributed by atoms with Crippen LogP contribution in [0.5, 0.6) is 17.2 Å². The predicted octanol–water partition coefficient (Wildman–Crippen LogP) is 1.81. The highest BCUT2D eigenvalue weighted by molar-refractivity contribution is 5.95. The van der Waals surface area contributed by atoms with Crippen molar-refractivity contribution in [2.75, 3.05) is 40.3 Å². The molecule has 140 valence electrons. The molecule has 0 spiro atoms. The van der Waals surface area contributed by atoms with Gasteiger partial charge >= 0.3 is 0 Å². The molecule has 0 atom stereocenters. The molecule has 26 heavy (non-hydrogen) atoms. The fraction of sp³-hybridized carbons (Fsp3) is 0.389. The number of rotatable bonds is 7. The summed E-state index contributed by atoms with van der Waals surface area (Å²) in [6, 6.07) is 5.04. The number of ether oxygens (including phenoxy) is 3. The van der Waals surface area contributed by atoms with E-state index in [0.717, 1.165) is 11.4 Å². The number of carbonyl (C=O) groups is 1. The lowest BCUT2D eigenvalue weighted by molar-refractivity contribution is 0.0949. The molecular weight excluding hydrogens is 336 g/mol. The van der Waals surface area contributed by atoms with E-state index in [2.05, 4.69) is 15.3 Å². The second-order valence-electron chi connectivity index (χ2n) is 5.79. The smallest absolute Gasteiger partial charge is 0.251 e. The summed E-state index contributed by atoms with van der Waals surface area (Å²) >= 11 is 0. The SMILES string of the molecule is COc1cc(C(=O)NCc2cc(C)nc(N(C)C)n2)cc(OC)c1OC. The highest BCUT2D eigenvalue weighted by atomic mass is 16.5. The molecule has 0 radical (unpaired) electrons. The molecule has 0 aliphatic carbocycles. The van der Waals surface area contributed by atoms with Crippen LogP contribution in [0.4, 0.5) is 5.95 Å². The van der Waals surface area contributed by atoms with Crippen LogP contribution in [-0.4, -0.2) is 51.3 Å². The van der Waals surface area contributed by atoms with Crippen molar-refractivity contribution in [2.24, 2.45) is 0 Å². The molecule has 2 rings (SSSR count). The summed E-state index contributed by atoms with van der Waals surface area (Å²) in [6.07, 6.45) is 0. The first-order chi connectivity index (χ1) is 12.4. The molecule has 0 saturated carbocycles. The predicted molar refractivity (Wildman–Crippen MR) is 98.4 cm³/mol. The van der Waals surface area contributed by atoms with E-state index in [1.165, 1.54) is 21.3 Å². The molecule has 1 heterocycles. The summed E-state index contributed by atoms with van der Waals surface area (Å²) in [5.74, 6) is 1.61. The Morgan fingerprint density at radius 3 is 2.15 bits per heavy atom. The molecule has 0 saturated heterocycles. The lowest BCUT2D eigenvalue weighted by atomic mass is 10.1. The van der Waals surface area contributed by atoms with Crippen molar-refractivity contribution in [3.05, 3.63) is 35.2 Å². The van der Waals surface area contributed by atoms with Crippen LogP contribution < -0.4 is 24.4 Å². The Labute approximate surface area is 153 Å². The minimum Gasteiger partial charge on any atom is -0.493 e. The van der Waals surface area contributed by atoms with E-state index in [-0.39, 0.29) is 12.5 Å². The zero-order valence-electron chi connectivity index (χ0n) is 15.9. The first-order valence-corrected chi connectivity index (χ1v) is 7.99. The van der Waals surface area contributed by atoms with Crippen molar-refractivity contribution in [3.63, 3.8) is 0 Å². The fourth-order valence-corrected chi connectivity index (χ4v) is 2.39. The summed E-state index contributed by atoms with van der Waals surface area (Å²) in [5.41, 5.74) is 1.96. The Morgan fingerprint density at radius 1 is 1.04 bits per heavy atom. The second kappa shape index (κ2) is 8.37. The number of aromatic nitrogens is 2. The number of methoxy groups -OCH3 is 3. The Kier molecular flexibility index (Phi) is 6.21. The van der Waals surface area contributed by atoms with E-state index < -0.39 is 0 Å². The number of nitrogens with one attached hydrogen (secondary N) is 1. The summed E-state index contributed by atoms with van der Waals surface area (Å²) in [7, 11) is 8.26. The molecule has 0 unspecified atom stereocenters. The van der Waals surface area contributed by atoms with Crippen LogP contribution in [0.2, 0.25) is 0 Å². The quantitative estimate of drug-likeness (QED) is 0.806. The Balaban J connectivity index is 2.20. The first kappa shape index (κ1) is 19.3. The van der Waals surface area contributed by atoms with Gasteiger partial charge in [0.1, 0.15) is 0 Å². The van der Waals surface area contributed by atoms with Gasteiger partial charge in [0.25, 0.3) is 5.91 Å². The minimum atomic E-state index is -0.271. The van der Waals surface area contributed by atoms with Gasteiger partial charge in [-0.15, -0.1) is 0 Å². The highest BCUT2D eigenvalue weighted by Gasteiger charge is 2.17. The van der Waals surface area contributed by atoms with Crippen LogP contribution in [0.25, 0.3) is 0 Å². The van der Waals surface area contributed by atoms with Crippen LogP contribution in [0.3, 0.4) is 0 Å². The summed E-state index contributed by atoms with van der Waals surface area (Å²) < 4.78 is 15.8. The molecule has 1 aromatic heterocycles. The van der Waals surface area contributed by atoms with Crippen LogP contribution in [0, 0.1) is 6.92 Å². The van der Waals surface area contributed by atoms with E-state index in [1.807, 2.05) is 32.0 Å². The average Bonchev–Trinajstić information content (AvgIpc) is 2.64. The van der Waals surface area contributed by atoms with E-state index in [1.54, 1.807) is 12.1 Å². The average molecular weight is 360 g/mol. The lowest BCUT2D eigenvalue weighted by Crippen LogP contribution is -2.24. The number of carbonyl (C=O) groups excluding carboxylic acids is 1. The number of anilines is 1. The van der Waals surface area contributed by atoms with Gasteiger partial charge in [-0.3, -0.25) is 4.79 Å². The van der Waals surface area contributed by atoms with Gasteiger partial charge in [0.2, 0.25) is 11.7 Å². The molecule has 8 heteroatoms. The maximum absolute atomic E-state index is 12.5. The van der Waals surface area contributed by atoms with E-state index in [0.29, 0.717) is 28.8 Å². The molecule has 0 bridgehead atoms. The first-order valence-electron chi connectivity index (χ1n) is 7.99. The molecule has 1 aromatic carbocycles. The third-order valence-corrected chi connectivity index (χ3v) is 3.65. The van der Waals surface area contributed by atoms with Gasteiger partial charge in [-0.1, -0.05) is 0 Å². The molecule has 1 N–H and O–H groups in total. The third-order valence-electron chi connectivity index (χ3n) is 3.65. The van der Waals surface area contributed by atoms with Crippen molar-refractivity contribution in [1.29, 1.82) is 0 Å². The maximum atomic E-state index is 12.5. The molecule has 0 fully saturated rings. The number of aryl methyl sites for hydroxylation is 1. The van der Waals surface area contributed by atoms with Crippen LogP contribution in [-0.2, 0) is 6.54 Å². The fourth-order valence-electron chi connectivity index (χ4n) is 2.39. The standard InChI is InChI=1S/C18H24N4O4/c1-11-7-13(21-18(20-11)22(2)3)10-19-17(23)12-8-14(24-4)16(26-6)15(9-12)25-5/h7-9H,10H2,1-6H3,(H,19,23). The molecule has 0 aliphatic rings. The van der Waals surface area contributed by atoms with Crippen LogP contribution in [0.15, 0.2) is 18.2 Å². The van der Waals surface area contributed by atoms with Crippen molar-refractivity contribution in [1.82, 2.24) is 15.3 Å². The molecular formula is C18H24N4O4. The van der Waals surface area contributed by atoms with Gasteiger partial charge in [-0.25, -0.2) is 9.97 Å². The van der Waals surface area contributed by atoms with E-state index in [4.69, 9.17) is 14.2 Å². The number of benzene rings is 1. The van der Waals surface area contributed by atoms with Crippen molar-refractivity contribution < 1.29 is 19.0 Å². The van der Waals surface area contributed by atoms with Gasteiger partial charge in [-0.05, 0) is 25.1 Å². The third kappa shape index (κ3) is 4.33. The van der Waals surface area contributed by atoms with E-state index in [9.17, 15) is 4.79 Å². The summed E-state index contributed by atoms with van der Waals surface area (Å²) in [6.45, 7) is 2.17. The van der Waals surface area contributed by atoms with E-state index >= 15 is 0 Å². The van der Waals surface area contributed by atoms with Gasteiger partial charge < -0.3 is 24.4 Å². The Morgan fingerprint density at radius 2 is 1.65 bits per heavy atom. The monoisotopic (exact) mass is 360 g/mol. The second-order valence-corrected chi connectivity index (χ2v) is 5.79. The van der Waals surface area contributed by atoms with Crippen LogP contribution in [0.1, 0.15) is 21.7 Å². The Bertz CT molecular complexity index is 768. The highest BCUT2D eigenvalue weighted by Crippen LogP contribution is 2.38. The van der Waals surface area contributed by atoms with Crippen LogP contribution >= 0.6 is 0 Å². The molecule has 8 nitrogen and oxygen atoms in total. The van der Waals surface area contributed by atoms with Gasteiger partial charge in [0.15, 0.2) is 11.5 Å². The zero-order chi connectivity index (χ0) is 19.3. The van der Waals surface area contributed by atoms with Crippen molar-refractivity contribution in [2.45, 2.75) is 13.5 Å². The van der Waals surface area contributed by atoms with Crippen molar-refractivity contribution >= 4 is 11.9 Å². The Hall–Kier alpha value is -3.03. The molecule has 2 aromatic rings. The minimum absolute atomic E-state index is 0.271. The zero-order valence-corrected chi connectivity index (χ0v) is 15.9. The largest absolute Gasteiger partial charge is 0.493 e. The van der Waals surface area contributed by atoms with Gasteiger partial charge in [0.05, 0.1) is 33.6 Å². The lowest BCUT2D eigenvalue weighted by Gasteiger charge is -2.15. The molecule has 0 aliphatic heterocycles. The summed E-state index contributed by atoms with van der Waals surface area (Å²) in [5, 5.41) is 2.85. The normalized spacial score (nSPS) is 10.2. The number of hydrogen-bond acceptors (Lipinski definition) is 7. The number of nitrogens with zero attached hydrogens (tertiary/aromatic N) is 3. The van der Waals surface area contributed by atoms with Gasteiger partial charge in [0, 0.05) is 25.4 Å². The maximum Gasteiger partial charge on any atom is 0.251 e.